The van der Waals surface area contributed by atoms with Crippen LogP contribution in [0.25, 0.3) is 11.5 Å². The molecular weight excluding hydrogens is 414 g/mol. The summed E-state index contributed by atoms with van der Waals surface area (Å²) < 4.78 is 33.0. The lowest BCUT2D eigenvalue weighted by Gasteiger charge is -2.15. The number of aliphatic hydroxyl groups excluding tert-OH is 1. The van der Waals surface area contributed by atoms with Crippen molar-refractivity contribution in [2.75, 3.05) is 0 Å². The quantitative estimate of drug-likeness (QED) is 0.517. The summed E-state index contributed by atoms with van der Waals surface area (Å²) in [5.41, 5.74) is 3.63. The van der Waals surface area contributed by atoms with Crippen molar-refractivity contribution in [2.24, 2.45) is 0 Å². The maximum Gasteiger partial charge on any atom is 0.243 e. The molecule has 2 aromatic carbocycles. The molecule has 1 aliphatic heterocycles. The predicted molar refractivity (Wildman–Crippen MR) is 113 cm³/mol. The highest BCUT2D eigenvalue weighted by molar-refractivity contribution is 7.89. The van der Waals surface area contributed by atoms with Crippen molar-refractivity contribution in [2.45, 2.75) is 24.1 Å². The molecule has 4 aromatic rings. The molecule has 1 atom stereocenters. The van der Waals surface area contributed by atoms with E-state index in [1.165, 1.54) is 10.6 Å². The lowest BCUT2D eigenvalue weighted by atomic mass is 10.0. The normalized spacial score (nSPS) is 15.0. The first-order valence-corrected chi connectivity index (χ1v) is 11.2. The van der Waals surface area contributed by atoms with Crippen LogP contribution in [0, 0.1) is 0 Å². The first-order valence-electron chi connectivity index (χ1n) is 9.73. The van der Waals surface area contributed by atoms with Gasteiger partial charge in [0, 0.05) is 24.8 Å². The minimum absolute atomic E-state index is 0.202. The van der Waals surface area contributed by atoms with Gasteiger partial charge in [0.1, 0.15) is 12.4 Å². The molecule has 0 bridgehead atoms. The van der Waals surface area contributed by atoms with Gasteiger partial charge in [0.15, 0.2) is 0 Å². The Kier molecular flexibility index (Phi) is 4.90. The van der Waals surface area contributed by atoms with Crippen LogP contribution in [0.3, 0.4) is 0 Å². The van der Waals surface area contributed by atoms with Crippen molar-refractivity contribution in [3.05, 3.63) is 102 Å². The first kappa shape index (κ1) is 19.6. The van der Waals surface area contributed by atoms with Crippen LogP contribution < -0.4 is 0 Å². The van der Waals surface area contributed by atoms with E-state index in [-0.39, 0.29) is 18.0 Å². The van der Waals surface area contributed by atoms with Gasteiger partial charge in [-0.2, -0.15) is 4.31 Å². The van der Waals surface area contributed by atoms with Crippen LogP contribution in [0.2, 0.25) is 0 Å². The third-order valence-electron chi connectivity index (χ3n) is 5.36. The van der Waals surface area contributed by atoms with Gasteiger partial charge in [-0.25, -0.2) is 13.4 Å². The fourth-order valence-electron chi connectivity index (χ4n) is 3.68. The van der Waals surface area contributed by atoms with Gasteiger partial charge in [0.2, 0.25) is 15.9 Å². The van der Waals surface area contributed by atoms with E-state index in [2.05, 4.69) is 9.97 Å². The van der Waals surface area contributed by atoms with E-state index in [0.29, 0.717) is 17.1 Å². The van der Waals surface area contributed by atoms with E-state index in [1.54, 1.807) is 42.7 Å². The van der Waals surface area contributed by atoms with Gasteiger partial charge in [-0.3, -0.25) is 4.98 Å². The van der Waals surface area contributed by atoms with E-state index in [4.69, 9.17) is 4.42 Å². The Morgan fingerprint density at radius 1 is 0.968 bits per heavy atom. The average Bonchev–Trinajstić information content (AvgIpc) is 3.49. The van der Waals surface area contributed by atoms with Crippen molar-refractivity contribution in [3.63, 3.8) is 0 Å². The van der Waals surface area contributed by atoms with E-state index >= 15 is 0 Å². The van der Waals surface area contributed by atoms with Gasteiger partial charge in [0.25, 0.3) is 0 Å². The van der Waals surface area contributed by atoms with E-state index in [0.717, 1.165) is 16.7 Å². The highest BCUT2D eigenvalue weighted by Crippen LogP contribution is 2.31. The molecule has 0 spiro atoms. The summed E-state index contributed by atoms with van der Waals surface area (Å²) in [7, 11) is -3.69. The topological polar surface area (TPSA) is 96.5 Å². The Labute approximate surface area is 179 Å². The summed E-state index contributed by atoms with van der Waals surface area (Å²) >= 11 is 0. The number of sulfonamides is 1. The lowest BCUT2D eigenvalue weighted by Crippen LogP contribution is -2.25. The Morgan fingerprint density at radius 2 is 1.71 bits per heavy atom. The smallest absolute Gasteiger partial charge is 0.243 e. The van der Waals surface area contributed by atoms with E-state index in [1.807, 2.05) is 30.3 Å². The molecule has 0 radical (unpaired) electrons. The maximum atomic E-state index is 13.2. The number of pyridine rings is 1. The fourth-order valence-corrected chi connectivity index (χ4v) is 5.08. The molecular formula is C23H19N3O4S. The minimum atomic E-state index is -3.69. The second-order valence-electron chi connectivity index (χ2n) is 7.33. The monoisotopic (exact) mass is 433 g/mol. The molecule has 3 heterocycles. The Hall–Kier alpha value is -3.33. The Morgan fingerprint density at radius 3 is 2.42 bits per heavy atom. The SMILES string of the molecule is O=S(=O)(c1ccc(-c2ncco2)cc1)N1Cc2cnc(C(O)c3ccccc3)cc2C1. The molecule has 0 fully saturated rings. The molecule has 7 nitrogen and oxygen atoms in total. The molecule has 0 aliphatic carbocycles. The lowest BCUT2D eigenvalue weighted by molar-refractivity contribution is 0.215. The van der Waals surface area contributed by atoms with Gasteiger partial charge >= 0.3 is 0 Å². The number of hydrogen-bond acceptors (Lipinski definition) is 6. The van der Waals surface area contributed by atoms with Crippen molar-refractivity contribution in [1.29, 1.82) is 0 Å². The zero-order valence-corrected chi connectivity index (χ0v) is 17.2. The number of oxazole rings is 1. The van der Waals surface area contributed by atoms with Crippen LogP contribution in [0.1, 0.15) is 28.5 Å². The van der Waals surface area contributed by atoms with Crippen LogP contribution in [0.4, 0.5) is 0 Å². The molecule has 0 saturated heterocycles. The third-order valence-corrected chi connectivity index (χ3v) is 7.17. The molecule has 0 amide bonds. The standard InChI is InChI=1S/C23H19N3O4S/c27-22(16-4-2-1-3-5-16)21-12-18-14-26(15-19(18)13-25-21)31(28,29)20-8-6-17(7-9-20)23-24-10-11-30-23/h1-13,22,27H,14-15H2. The molecule has 1 N–H and O–H groups in total. The van der Waals surface area contributed by atoms with Gasteiger partial charge < -0.3 is 9.52 Å². The van der Waals surface area contributed by atoms with Gasteiger partial charge in [-0.05, 0) is 47.0 Å². The van der Waals surface area contributed by atoms with Gasteiger partial charge in [-0.15, -0.1) is 0 Å². The highest BCUT2D eigenvalue weighted by Gasteiger charge is 2.31. The largest absolute Gasteiger partial charge is 0.445 e. The molecule has 31 heavy (non-hydrogen) atoms. The summed E-state index contributed by atoms with van der Waals surface area (Å²) in [6.45, 7) is 0.476. The molecule has 2 aromatic heterocycles. The molecule has 1 aliphatic rings. The van der Waals surface area contributed by atoms with Crippen molar-refractivity contribution >= 4 is 10.0 Å². The van der Waals surface area contributed by atoms with Crippen LogP contribution in [-0.4, -0.2) is 27.8 Å². The number of fused-ring (bicyclic) bond motifs is 1. The van der Waals surface area contributed by atoms with E-state index in [9.17, 15) is 13.5 Å². The number of nitrogens with zero attached hydrogens (tertiary/aromatic N) is 3. The first-order chi connectivity index (χ1) is 15.0. The summed E-state index contributed by atoms with van der Waals surface area (Å²) in [6.07, 6.45) is 3.80. The molecule has 156 valence electrons. The van der Waals surface area contributed by atoms with Crippen LogP contribution in [-0.2, 0) is 23.1 Å². The average molecular weight is 433 g/mol. The van der Waals surface area contributed by atoms with Crippen molar-refractivity contribution < 1.29 is 17.9 Å². The zero-order chi connectivity index (χ0) is 21.4. The van der Waals surface area contributed by atoms with Crippen molar-refractivity contribution in [3.8, 4) is 11.5 Å². The number of hydrogen-bond donors (Lipinski definition) is 1. The number of rotatable bonds is 5. The second-order valence-corrected chi connectivity index (χ2v) is 9.26. The maximum absolute atomic E-state index is 13.2. The van der Waals surface area contributed by atoms with E-state index < -0.39 is 16.1 Å². The number of aliphatic hydroxyl groups is 1. The third kappa shape index (κ3) is 3.65. The molecule has 8 heteroatoms. The predicted octanol–water partition coefficient (Wildman–Crippen LogP) is 3.52. The van der Waals surface area contributed by atoms with Gasteiger partial charge in [0.05, 0.1) is 16.8 Å². The Bertz CT molecular complexity index is 1300. The highest BCUT2D eigenvalue weighted by atomic mass is 32.2. The zero-order valence-electron chi connectivity index (χ0n) is 16.4. The summed E-state index contributed by atoms with van der Waals surface area (Å²) in [6, 6.07) is 17.5. The summed E-state index contributed by atoms with van der Waals surface area (Å²) in [5.74, 6) is 0.438. The molecule has 0 saturated carbocycles. The van der Waals surface area contributed by atoms with Crippen LogP contribution >= 0.6 is 0 Å². The Balaban J connectivity index is 1.37. The fraction of sp³-hybridized carbons (Fsp3) is 0.130. The van der Waals surface area contributed by atoms with Crippen molar-refractivity contribution in [1.82, 2.24) is 14.3 Å². The second kappa shape index (κ2) is 7.73. The molecule has 5 rings (SSSR count). The minimum Gasteiger partial charge on any atom is -0.445 e. The summed E-state index contributed by atoms with van der Waals surface area (Å²) in [4.78, 5) is 8.64. The number of aromatic nitrogens is 2. The summed E-state index contributed by atoms with van der Waals surface area (Å²) in [5, 5.41) is 10.6. The van der Waals surface area contributed by atoms with Crippen LogP contribution in [0.15, 0.2) is 88.6 Å². The number of benzene rings is 2. The molecule has 1 unspecified atom stereocenters. The van der Waals surface area contributed by atoms with Gasteiger partial charge in [-0.1, -0.05) is 30.3 Å². The van der Waals surface area contributed by atoms with Crippen LogP contribution in [0.5, 0.6) is 0 Å².